The smallest absolute Gasteiger partial charge is 0.232 e. The molecule has 6 nitrogen and oxygen atoms in total. The maximum Gasteiger partial charge on any atom is 0.232 e. The van der Waals surface area contributed by atoms with Gasteiger partial charge >= 0.3 is 0 Å². The van der Waals surface area contributed by atoms with Crippen molar-refractivity contribution < 1.29 is 4.90 Å². The van der Waals surface area contributed by atoms with E-state index in [9.17, 15) is 0 Å². The number of para-hydroxylation sites is 1. The molecule has 3 rings (SSSR count). The van der Waals surface area contributed by atoms with Gasteiger partial charge in [0, 0.05) is 17.5 Å². The highest BCUT2D eigenvalue weighted by molar-refractivity contribution is 5.53. The van der Waals surface area contributed by atoms with Gasteiger partial charge in [-0.15, -0.1) is 0 Å². The van der Waals surface area contributed by atoms with E-state index < -0.39 is 0 Å². The zero-order valence-electron chi connectivity index (χ0n) is 13.8. The number of hydrogen-bond donors (Lipinski definition) is 3. The van der Waals surface area contributed by atoms with Crippen molar-refractivity contribution in [1.29, 1.82) is 0 Å². The minimum Gasteiger partial charge on any atom is -0.368 e. The van der Waals surface area contributed by atoms with Gasteiger partial charge in [-0.25, -0.2) is 0 Å². The van der Waals surface area contributed by atoms with Gasteiger partial charge < -0.3 is 16.0 Å². The third-order valence-electron chi connectivity index (χ3n) is 4.22. The molecule has 0 aliphatic carbocycles. The highest BCUT2D eigenvalue weighted by Crippen LogP contribution is 2.14. The van der Waals surface area contributed by atoms with Crippen LogP contribution in [-0.4, -0.2) is 28.0 Å². The minimum absolute atomic E-state index is 0.269. The number of piperidine rings is 1. The summed E-state index contributed by atoms with van der Waals surface area (Å²) in [4.78, 5) is 14.6. The summed E-state index contributed by atoms with van der Waals surface area (Å²) in [6.07, 6.45) is 1.31. The van der Waals surface area contributed by atoms with Gasteiger partial charge in [0.15, 0.2) is 5.82 Å². The molecule has 0 saturated carbocycles. The Hall–Kier alpha value is -2.21. The molecule has 6 heteroatoms. The van der Waals surface area contributed by atoms with E-state index in [0.29, 0.717) is 5.95 Å². The molecule has 1 saturated heterocycles. The SMILES string of the molecule is C[C@H]1C[C@H](C)C[NH+](Cc2nc(N)nc(Nc3ccccc3)n2)C1. The summed E-state index contributed by atoms with van der Waals surface area (Å²) in [5.41, 5.74) is 6.80. The number of quaternary nitrogens is 1. The van der Waals surface area contributed by atoms with Gasteiger partial charge in [0.1, 0.15) is 6.54 Å². The van der Waals surface area contributed by atoms with Crippen LogP contribution in [0, 0.1) is 11.8 Å². The van der Waals surface area contributed by atoms with Crippen LogP contribution in [0.5, 0.6) is 0 Å². The maximum atomic E-state index is 5.86. The van der Waals surface area contributed by atoms with E-state index in [1.807, 2.05) is 30.3 Å². The van der Waals surface area contributed by atoms with Gasteiger partial charge in [-0.1, -0.05) is 32.0 Å². The lowest BCUT2D eigenvalue weighted by atomic mass is 9.92. The third kappa shape index (κ3) is 4.39. The molecule has 1 aliphatic rings. The van der Waals surface area contributed by atoms with E-state index in [0.717, 1.165) is 43.0 Å². The second kappa shape index (κ2) is 6.91. The van der Waals surface area contributed by atoms with E-state index in [-0.39, 0.29) is 5.95 Å². The molecule has 1 fully saturated rings. The molecule has 1 aromatic heterocycles. The van der Waals surface area contributed by atoms with Gasteiger partial charge in [-0.2, -0.15) is 15.0 Å². The molecule has 1 aliphatic heterocycles. The second-order valence-corrected chi connectivity index (χ2v) is 6.71. The Morgan fingerprint density at radius 3 is 2.48 bits per heavy atom. The van der Waals surface area contributed by atoms with Crippen molar-refractivity contribution in [2.45, 2.75) is 26.8 Å². The first kappa shape index (κ1) is 15.7. The number of nitrogen functional groups attached to an aromatic ring is 1. The summed E-state index contributed by atoms with van der Waals surface area (Å²) in [6.45, 7) is 7.76. The fourth-order valence-electron chi connectivity index (χ4n) is 3.51. The van der Waals surface area contributed by atoms with Crippen LogP contribution < -0.4 is 16.0 Å². The standard InChI is InChI=1S/C17H24N6/c1-12-8-13(2)10-23(9-12)11-15-20-16(18)22-17(21-15)19-14-6-4-3-5-7-14/h3-7,12-13H,8-11H2,1-2H3,(H3,18,19,20,21,22)/p+1/t12-,13-/m0/s1. The molecule has 0 bridgehead atoms. The van der Waals surface area contributed by atoms with E-state index >= 15 is 0 Å². The first-order valence-corrected chi connectivity index (χ1v) is 8.24. The predicted octanol–water partition coefficient (Wildman–Crippen LogP) is 1.26. The molecule has 1 aromatic carbocycles. The molecule has 122 valence electrons. The lowest BCUT2D eigenvalue weighted by Gasteiger charge is -2.31. The van der Waals surface area contributed by atoms with Crippen LogP contribution in [0.3, 0.4) is 0 Å². The number of rotatable bonds is 4. The van der Waals surface area contributed by atoms with Crippen LogP contribution in [0.15, 0.2) is 30.3 Å². The van der Waals surface area contributed by atoms with Crippen molar-refractivity contribution in [1.82, 2.24) is 15.0 Å². The second-order valence-electron chi connectivity index (χ2n) is 6.71. The Kier molecular flexibility index (Phi) is 4.71. The summed E-state index contributed by atoms with van der Waals surface area (Å²) in [5.74, 6) is 3.03. The van der Waals surface area contributed by atoms with Crippen molar-refractivity contribution in [2.75, 3.05) is 24.1 Å². The number of nitrogens with two attached hydrogens (primary N) is 1. The van der Waals surface area contributed by atoms with E-state index in [2.05, 4.69) is 34.1 Å². The summed E-state index contributed by atoms with van der Waals surface area (Å²) in [7, 11) is 0. The molecule has 2 atom stereocenters. The molecule has 0 amide bonds. The first-order chi connectivity index (χ1) is 11.1. The molecule has 0 radical (unpaired) electrons. The monoisotopic (exact) mass is 313 g/mol. The highest BCUT2D eigenvalue weighted by Gasteiger charge is 2.26. The Labute approximate surface area is 137 Å². The number of likely N-dealkylation sites (tertiary alicyclic amines) is 1. The average Bonchev–Trinajstić information content (AvgIpc) is 2.46. The van der Waals surface area contributed by atoms with Gasteiger partial charge in [-0.3, -0.25) is 0 Å². The Morgan fingerprint density at radius 1 is 1.09 bits per heavy atom. The predicted molar refractivity (Wildman–Crippen MR) is 91.3 cm³/mol. The lowest BCUT2D eigenvalue weighted by Crippen LogP contribution is -3.13. The number of nitrogens with one attached hydrogen (secondary N) is 2. The zero-order chi connectivity index (χ0) is 16.2. The summed E-state index contributed by atoms with van der Waals surface area (Å²) in [5, 5.41) is 3.19. The average molecular weight is 313 g/mol. The van der Waals surface area contributed by atoms with Gasteiger partial charge in [0.2, 0.25) is 11.9 Å². The number of benzene rings is 1. The minimum atomic E-state index is 0.269. The lowest BCUT2D eigenvalue weighted by molar-refractivity contribution is -0.926. The number of hydrogen-bond acceptors (Lipinski definition) is 5. The largest absolute Gasteiger partial charge is 0.368 e. The van der Waals surface area contributed by atoms with E-state index in [1.54, 1.807) is 0 Å². The topological polar surface area (TPSA) is 81.2 Å². The summed E-state index contributed by atoms with van der Waals surface area (Å²) >= 11 is 0. The highest BCUT2D eigenvalue weighted by atomic mass is 15.2. The van der Waals surface area contributed by atoms with Crippen molar-refractivity contribution in [3.8, 4) is 0 Å². The first-order valence-electron chi connectivity index (χ1n) is 8.24. The van der Waals surface area contributed by atoms with Crippen LogP contribution in [0.4, 0.5) is 17.6 Å². The van der Waals surface area contributed by atoms with Gasteiger partial charge in [0.25, 0.3) is 0 Å². The molecule has 2 aromatic rings. The zero-order valence-corrected chi connectivity index (χ0v) is 13.8. The Balaban J connectivity index is 1.72. The van der Waals surface area contributed by atoms with Gasteiger partial charge in [-0.05, 0) is 18.6 Å². The molecule has 2 heterocycles. The molecular formula is C17H25N6+. The van der Waals surface area contributed by atoms with Crippen LogP contribution in [0.25, 0.3) is 0 Å². The molecule has 23 heavy (non-hydrogen) atoms. The fourth-order valence-corrected chi connectivity index (χ4v) is 3.51. The third-order valence-corrected chi connectivity index (χ3v) is 4.22. The number of aromatic nitrogens is 3. The van der Waals surface area contributed by atoms with E-state index in [1.165, 1.54) is 11.3 Å². The van der Waals surface area contributed by atoms with Crippen LogP contribution in [0.1, 0.15) is 26.1 Å². The van der Waals surface area contributed by atoms with E-state index in [4.69, 9.17) is 5.73 Å². The summed E-state index contributed by atoms with van der Waals surface area (Å²) < 4.78 is 0. The van der Waals surface area contributed by atoms with Crippen molar-refractivity contribution in [3.05, 3.63) is 36.2 Å². The van der Waals surface area contributed by atoms with Crippen LogP contribution in [-0.2, 0) is 6.54 Å². The number of nitrogens with zero attached hydrogens (tertiary/aromatic N) is 3. The van der Waals surface area contributed by atoms with Crippen molar-refractivity contribution >= 4 is 17.6 Å². The quantitative estimate of drug-likeness (QED) is 0.792. The molecule has 0 unspecified atom stereocenters. The summed E-state index contributed by atoms with van der Waals surface area (Å²) in [6, 6.07) is 9.85. The normalized spacial score (nSPS) is 24.3. The Bertz CT molecular complexity index is 635. The molecule has 0 spiro atoms. The van der Waals surface area contributed by atoms with Gasteiger partial charge in [0.05, 0.1) is 13.1 Å². The van der Waals surface area contributed by atoms with Crippen LogP contribution in [0.2, 0.25) is 0 Å². The maximum absolute atomic E-state index is 5.86. The van der Waals surface area contributed by atoms with Crippen molar-refractivity contribution in [2.24, 2.45) is 11.8 Å². The Morgan fingerprint density at radius 2 is 1.78 bits per heavy atom. The molecule has 4 N–H and O–H groups in total. The molecular weight excluding hydrogens is 288 g/mol. The van der Waals surface area contributed by atoms with Crippen molar-refractivity contribution in [3.63, 3.8) is 0 Å². The van der Waals surface area contributed by atoms with Crippen LogP contribution >= 0.6 is 0 Å². The number of anilines is 3. The fraction of sp³-hybridized carbons (Fsp3) is 0.471.